The van der Waals surface area contributed by atoms with Crippen molar-refractivity contribution in [1.82, 2.24) is 34.3 Å². The van der Waals surface area contributed by atoms with Gasteiger partial charge in [-0.05, 0) is 43.1 Å². The molecule has 2 aliphatic rings. The third-order valence-electron chi connectivity index (χ3n) is 7.32. The number of benzene rings is 1. The Morgan fingerprint density at radius 3 is 2.51 bits per heavy atom. The first-order valence-electron chi connectivity index (χ1n) is 13.0. The van der Waals surface area contributed by atoms with Crippen molar-refractivity contribution in [1.29, 1.82) is 0 Å². The van der Waals surface area contributed by atoms with E-state index in [-0.39, 0.29) is 11.6 Å². The fourth-order valence-corrected chi connectivity index (χ4v) is 5.22. The molecule has 4 aromatic rings. The number of imidazole rings is 1. The van der Waals surface area contributed by atoms with Crippen LogP contribution < -0.4 is 5.32 Å². The Labute approximate surface area is 214 Å². The van der Waals surface area contributed by atoms with Gasteiger partial charge in [-0.15, -0.1) is 0 Å². The number of aryl methyl sites for hydroxylation is 2. The first-order chi connectivity index (χ1) is 18.1. The molecule has 2 aliphatic heterocycles. The van der Waals surface area contributed by atoms with Crippen molar-refractivity contribution in [3.8, 4) is 11.3 Å². The molecule has 0 spiro atoms. The second-order valence-electron chi connectivity index (χ2n) is 9.74. The van der Waals surface area contributed by atoms with E-state index in [2.05, 4.69) is 42.0 Å². The van der Waals surface area contributed by atoms with Gasteiger partial charge in [-0.3, -0.25) is 4.90 Å². The Morgan fingerprint density at radius 1 is 0.892 bits per heavy atom. The maximum Gasteiger partial charge on any atom is 0.229 e. The maximum absolute atomic E-state index is 15.0. The van der Waals surface area contributed by atoms with Crippen LogP contribution in [0.4, 0.5) is 20.5 Å². The highest BCUT2D eigenvalue weighted by molar-refractivity contribution is 5.83. The van der Waals surface area contributed by atoms with E-state index in [1.165, 1.54) is 6.07 Å². The third-order valence-corrected chi connectivity index (χ3v) is 7.32. The first kappa shape index (κ1) is 23.9. The van der Waals surface area contributed by atoms with Gasteiger partial charge in [0.15, 0.2) is 11.6 Å². The summed E-state index contributed by atoms with van der Waals surface area (Å²) in [6, 6.07) is 6.96. The zero-order valence-electron chi connectivity index (χ0n) is 20.9. The lowest BCUT2D eigenvalue weighted by atomic mass is 10.1. The molecule has 0 saturated carbocycles. The SMILES string of the molecule is CCN1CCN(Cc2ccc(Nc3ncc(F)c(-c4cc(F)c5nc6n(c5c4)CCCC6)n3)nc2)CC1. The van der Waals surface area contributed by atoms with Crippen molar-refractivity contribution in [2.24, 2.45) is 0 Å². The molecule has 10 heteroatoms. The van der Waals surface area contributed by atoms with Crippen molar-refractivity contribution in [2.45, 2.75) is 39.3 Å². The summed E-state index contributed by atoms with van der Waals surface area (Å²) in [5.41, 5.74) is 2.51. The second-order valence-corrected chi connectivity index (χ2v) is 9.74. The van der Waals surface area contributed by atoms with Crippen LogP contribution in [0.2, 0.25) is 0 Å². The molecule has 8 nitrogen and oxygen atoms in total. The number of rotatable bonds is 6. The van der Waals surface area contributed by atoms with E-state index < -0.39 is 11.6 Å². The molecule has 0 aliphatic carbocycles. The second kappa shape index (κ2) is 10.1. The summed E-state index contributed by atoms with van der Waals surface area (Å²) in [6.45, 7) is 9.21. The van der Waals surface area contributed by atoms with Crippen molar-refractivity contribution in [3.05, 3.63) is 59.7 Å². The molecule has 0 amide bonds. The first-order valence-corrected chi connectivity index (χ1v) is 13.0. The van der Waals surface area contributed by atoms with Gasteiger partial charge in [-0.25, -0.2) is 28.7 Å². The minimum absolute atomic E-state index is 0.0347. The normalized spacial score (nSPS) is 16.7. The number of nitrogens with one attached hydrogen (secondary N) is 1. The lowest BCUT2D eigenvalue weighted by molar-refractivity contribution is 0.132. The van der Waals surface area contributed by atoms with Gasteiger partial charge < -0.3 is 14.8 Å². The number of nitrogens with zero attached hydrogens (tertiary/aromatic N) is 7. The van der Waals surface area contributed by atoms with Crippen LogP contribution in [-0.4, -0.2) is 67.0 Å². The molecule has 1 saturated heterocycles. The van der Waals surface area contributed by atoms with Crippen LogP contribution in [0.25, 0.3) is 22.3 Å². The number of anilines is 2. The number of pyridine rings is 1. The van der Waals surface area contributed by atoms with Crippen molar-refractivity contribution in [3.63, 3.8) is 0 Å². The highest BCUT2D eigenvalue weighted by Gasteiger charge is 2.20. The van der Waals surface area contributed by atoms with Crippen molar-refractivity contribution < 1.29 is 8.78 Å². The van der Waals surface area contributed by atoms with E-state index in [0.29, 0.717) is 22.4 Å². The predicted octanol–water partition coefficient (Wildman–Crippen LogP) is 4.38. The summed E-state index contributed by atoms with van der Waals surface area (Å²) >= 11 is 0. The molecule has 3 aromatic heterocycles. The van der Waals surface area contributed by atoms with Gasteiger partial charge in [0.25, 0.3) is 0 Å². The molecule has 5 heterocycles. The third kappa shape index (κ3) is 4.91. The molecule has 192 valence electrons. The van der Waals surface area contributed by atoms with Crippen molar-refractivity contribution >= 4 is 22.8 Å². The fraction of sp³-hybridized carbons (Fsp3) is 0.407. The quantitative estimate of drug-likeness (QED) is 0.418. The molecule has 0 bridgehead atoms. The van der Waals surface area contributed by atoms with Gasteiger partial charge in [0.05, 0.1) is 11.7 Å². The Morgan fingerprint density at radius 2 is 1.73 bits per heavy atom. The van der Waals surface area contributed by atoms with Gasteiger partial charge >= 0.3 is 0 Å². The number of aromatic nitrogens is 5. The molecule has 0 radical (unpaired) electrons. The summed E-state index contributed by atoms with van der Waals surface area (Å²) in [4.78, 5) is 22.3. The zero-order valence-corrected chi connectivity index (χ0v) is 20.9. The van der Waals surface area contributed by atoms with Gasteiger partial charge in [0.2, 0.25) is 5.95 Å². The number of likely N-dealkylation sites (N-methyl/N-ethyl adjacent to an activating group) is 1. The molecular formula is C27H30F2N8. The van der Waals surface area contributed by atoms with E-state index in [0.717, 1.165) is 82.7 Å². The van der Waals surface area contributed by atoms with Crippen LogP contribution in [0.3, 0.4) is 0 Å². The van der Waals surface area contributed by atoms with Gasteiger partial charge in [0.1, 0.15) is 22.9 Å². The topological polar surface area (TPSA) is 75.0 Å². The molecule has 0 unspecified atom stereocenters. The number of hydrogen-bond acceptors (Lipinski definition) is 7. The summed E-state index contributed by atoms with van der Waals surface area (Å²) < 4.78 is 31.8. The van der Waals surface area contributed by atoms with Crippen molar-refractivity contribution in [2.75, 3.05) is 38.0 Å². The summed E-state index contributed by atoms with van der Waals surface area (Å²) in [7, 11) is 0. The monoisotopic (exact) mass is 504 g/mol. The van der Waals surface area contributed by atoms with E-state index in [9.17, 15) is 8.78 Å². The Balaban J connectivity index is 1.20. The predicted molar refractivity (Wildman–Crippen MR) is 139 cm³/mol. The average Bonchev–Trinajstić information content (AvgIpc) is 3.31. The number of fused-ring (bicyclic) bond motifs is 3. The Bertz CT molecular complexity index is 1410. The Hall–Kier alpha value is -3.50. The van der Waals surface area contributed by atoms with Crippen LogP contribution in [0.1, 0.15) is 31.2 Å². The standard InChI is InChI=1S/C27H30F2N8/c1-2-35-9-11-36(12-10-35)17-18-6-7-23(30-15-18)32-27-31-16-21(29)25(34-27)19-13-20(28)26-22(14-19)37-8-4-3-5-24(37)33-26/h6-7,13-16H,2-5,8-12,17H2,1H3,(H,30,31,32,34). The van der Waals surface area contributed by atoms with Crippen LogP contribution >= 0.6 is 0 Å². The molecule has 0 atom stereocenters. The van der Waals surface area contributed by atoms with E-state index in [4.69, 9.17) is 0 Å². The van der Waals surface area contributed by atoms with Crippen LogP contribution in [0.15, 0.2) is 36.7 Å². The highest BCUT2D eigenvalue weighted by atomic mass is 19.1. The Kier molecular flexibility index (Phi) is 6.52. The summed E-state index contributed by atoms with van der Waals surface area (Å²) in [6.07, 6.45) is 5.81. The summed E-state index contributed by atoms with van der Waals surface area (Å²) in [5.74, 6) is 0.539. The maximum atomic E-state index is 15.0. The lowest BCUT2D eigenvalue weighted by Gasteiger charge is -2.33. The highest BCUT2D eigenvalue weighted by Crippen LogP contribution is 2.30. The fourth-order valence-electron chi connectivity index (χ4n) is 5.22. The minimum Gasteiger partial charge on any atom is -0.328 e. The van der Waals surface area contributed by atoms with Gasteiger partial charge in [-0.1, -0.05) is 13.0 Å². The van der Waals surface area contributed by atoms with E-state index in [1.54, 1.807) is 6.07 Å². The molecule has 37 heavy (non-hydrogen) atoms. The number of halogens is 2. The van der Waals surface area contributed by atoms with Crippen LogP contribution in [0, 0.1) is 11.6 Å². The van der Waals surface area contributed by atoms with E-state index >= 15 is 0 Å². The number of hydrogen-bond donors (Lipinski definition) is 1. The molecule has 1 fully saturated rings. The van der Waals surface area contributed by atoms with Crippen LogP contribution in [-0.2, 0) is 19.5 Å². The van der Waals surface area contributed by atoms with Gasteiger partial charge in [-0.2, -0.15) is 0 Å². The molecule has 1 N–H and O–H groups in total. The van der Waals surface area contributed by atoms with E-state index in [1.807, 2.05) is 22.9 Å². The molecular weight excluding hydrogens is 474 g/mol. The lowest BCUT2D eigenvalue weighted by Crippen LogP contribution is -2.45. The number of piperazine rings is 1. The zero-order chi connectivity index (χ0) is 25.4. The van der Waals surface area contributed by atoms with Gasteiger partial charge in [0, 0.05) is 57.4 Å². The minimum atomic E-state index is -0.617. The smallest absolute Gasteiger partial charge is 0.229 e. The molecule has 1 aromatic carbocycles. The summed E-state index contributed by atoms with van der Waals surface area (Å²) in [5, 5.41) is 3.05. The van der Waals surface area contributed by atoms with Crippen LogP contribution in [0.5, 0.6) is 0 Å². The molecule has 6 rings (SSSR count). The largest absolute Gasteiger partial charge is 0.328 e. The average molecular weight is 505 g/mol.